The predicted molar refractivity (Wildman–Crippen MR) is 105 cm³/mol. The minimum atomic E-state index is -0.298. The van der Waals surface area contributed by atoms with Gasteiger partial charge in [0.05, 0.1) is 0 Å². The van der Waals surface area contributed by atoms with E-state index in [4.69, 9.17) is 11.6 Å². The molecule has 26 heavy (non-hydrogen) atoms. The maximum Gasteiger partial charge on any atom is 0.269 e. The lowest BCUT2D eigenvalue weighted by Crippen LogP contribution is -2.44. The molecule has 0 atom stereocenters. The van der Waals surface area contributed by atoms with Crippen molar-refractivity contribution < 1.29 is 9.59 Å². The molecule has 0 aliphatic heterocycles. The van der Waals surface area contributed by atoms with Crippen molar-refractivity contribution in [2.24, 2.45) is 5.92 Å². The summed E-state index contributed by atoms with van der Waals surface area (Å²) in [5.41, 5.74) is 6.68. The summed E-state index contributed by atoms with van der Waals surface area (Å²) < 4.78 is 0. The number of carbonyl (C=O) groups is 2. The maximum atomic E-state index is 12.1. The highest BCUT2D eigenvalue weighted by Gasteiger charge is 2.22. The number of halogens is 1. The van der Waals surface area contributed by atoms with Gasteiger partial charge in [-0.15, -0.1) is 11.8 Å². The number of amides is 2. The molecule has 2 N–H and O–H groups in total. The summed E-state index contributed by atoms with van der Waals surface area (Å²) in [5.74, 6) is 0.449. The van der Waals surface area contributed by atoms with E-state index in [0.717, 1.165) is 46.9 Å². The molecule has 4 nitrogen and oxygen atoms in total. The number of hydrazine groups is 1. The first-order chi connectivity index (χ1) is 12.6. The third-order valence-electron chi connectivity index (χ3n) is 4.46. The molecule has 6 heteroatoms. The highest BCUT2D eigenvalue weighted by atomic mass is 35.5. The highest BCUT2D eigenvalue weighted by molar-refractivity contribution is 7.98. The summed E-state index contributed by atoms with van der Waals surface area (Å²) >= 11 is 7.59. The molecular weight excluding hydrogens is 368 g/mol. The first-order valence-electron chi connectivity index (χ1n) is 8.69. The van der Waals surface area contributed by atoms with Crippen molar-refractivity contribution >= 4 is 35.2 Å². The molecule has 2 aromatic rings. The second-order valence-electron chi connectivity index (χ2n) is 6.36. The van der Waals surface area contributed by atoms with E-state index in [9.17, 15) is 9.59 Å². The Hall–Kier alpha value is -1.98. The Balaban J connectivity index is 1.47. The number of benzene rings is 2. The molecular formula is C20H21ClN2O2S. The fourth-order valence-corrected chi connectivity index (χ4v) is 3.91. The molecule has 2 amide bonds. The fraction of sp³-hybridized carbons (Fsp3) is 0.300. The van der Waals surface area contributed by atoms with Crippen LogP contribution in [0.5, 0.6) is 0 Å². The van der Waals surface area contributed by atoms with E-state index in [2.05, 4.69) is 10.9 Å². The Morgan fingerprint density at radius 2 is 1.62 bits per heavy atom. The van der Waals surface area contributed by atoms with Crippen LogP contribution in [0.25, 0.3) is 0 Å². The summed E-state index contributed by atoms with van der Waals surface area (Å²) in [4.78, 5) is 25.2. The van der Waals surface area contributed by atoms with Gasteiger partial charge < -0.3 is 0 Å². The van der Waals surface area contributed by atoms with Gasteiger partial charge in [-0.3, -0.25) is 20.4 Å². The van der Waals surface area contributed by atoms with Gasteiger partial charge in [0.25, 0.3) is 5.91 Å². The van der Waals surface area contributed by atoms with Crippen molar-refractivity contribution in [1.82, 2.24) is 10.9 Å². The first kappa shape index (κ1) is 18.8. The van der Waals surface area contributed by atoms with Crippen LogP contribution < -0.4 is 10.9 Å². The fourth-order valence-electron chi connectivity index (χ4n) is 2.93. The van der Waals surface area contributed by atoms with Crippen LogP contribution in [-0.2, 0) is 10.5 Å². The standard InChI is InChI=1S/C20H21ClN2O2S/c21-17-9-11-18(12-10-17)26-13-14-5-7-16(8-6-14)20(25)23-22-19(24)15-3-1-2-4-15/h5-12,15H,1-4,13H2,(H,22,24)(H,23,25). The van der Waals surface area contributed by atoms with Crippen molar-refractivity contribution in [3.63, 3.8) is 0 Å². The van der Waals surface area contributed by atoms with Crippen LogP contribution in [0.4, 0.5) is 0 Å². The molecule has 2 aromatic carbocycles. The highest BCUT2D eigenvalue weighted by Crippen LogP contribution is 2.25. The van der Waals surface area contributed by atoms with Gasteiger partial charge >= 0.3 is 0 Å². The summed E-state index contributed by atoms with van der Waals surface area (Å²) in [6.45, 7) is 0. The lowest BCUT2D eigenvalue weighted by atomic mass is 10.1. The van der Waals surface area contributed by atoms with Gasteiger partial charge in [-0.05, 0) is 54.8 Å². The van der Waals surface area contributed by atoms with E-state index < -0.39 is 0 Å². The third kappa shape index (κ3) is 5.26. The van der Waals surface area contributed by atoms with Crippen LogP contribution in [0.2, 0.25) is 5.02 Å². The van der Waals surface area contributed by atoms with E-state index in [0.29, 0.717) is 5.56 Å². The number of hydrogen-bond donors (Lipinski definition) is 2. The monoisotopic (exact) mass is 388 g/mol. The zero-order valence-electron chi connectivity index (χ0n) is 14.3. The lowest BCUT2D eigenvalue weighted by Gasteiger charge is -2.11. The number of thioether (sulfide) groups is 1. The van der Waals surface area contributed by atoms with Crippen molar-refractivity contribution in [3.05, 3.63) is 64.7 Å². The Bertz CT molecular complexity index is 756. The molecule has 0 spiro atoms. The first-order valence-corrected chi connectivity index (χ1v) is 10.1. The normalized spacial score (nSPS) is 14.2. The molecule has 3 rings (SSSR count). The van der Waals surface area contributed by atoms with E-state index in [1.165, 1.54) is 0 Å². The van der Waals surface area contributed by atoms with E-state index >= 15 is 0 Å². The van der Waals surface area contributed by atoms with E-state index in [1.807, 2.05) is 36.4 Å². The second kappa shape index (κ2) is 9.10. The van der Waals surface area contributed by atoms with Crippen LogP contribution in [0.3, 0.4) is 0 Å². The van der Waals surface area contributed by atoms with Crippen LogP contribution in [-0.4, -0.2) is 11.8 Å². The number of carbonyl (C=O) groups excluding carboxylic acids is 2. The third-order valence-corrected chi connectivity index (χ3v) is 5.80. The minimum Gasteiger partial charge on any atom is -0.273 e. The van der Waals surface area contributed by atoms with Crippen LogP contribution >= 0.6 is 23.4 Å². The zero-order chi connectivity index (χ0) is 18.4. The van der Waals surface area contributed by atoms with Gasteiger partial charge in [0.15, 0.2) is 0 Å². The average Bonchev–Trinajstić information content (AvgIpc) is 3.21. The molecule has 0 radical (unpaired) electrons. The minimum absolute atomic E-state index is 0.0302. The van der Waals surface area contributed by atoms with Gasteiger partial charge in [0.1, 0.15) is 0 Å². The number of nitrogens with one attached hydrogen (secondary N) is 2. The van der Waals surface area contributed by atoms with Gasteiger partial charge in [-0.25, -0.2) is 0 Å². The predicted octanol–water partition coefficient (Wildman–Crippen LogP) is 4.58. The summed E-state index contributed by atoms with van der Waals surface area (Å²) in [6.07, 6.45) is 3.98. The van der Waals surface area contributed by atoms with Crippen molar-refractivity contribution in [2.45, 2.75) is 36.3 Å². The SMILES string of the molecule is O=C(NNC(=O)C1CCCC1)c1ccc(CSc2ccc(Cl)cc2)cc1. The molecule has 136 valence electrons. The van der Waals surface area contributed by atoms with Crippen LogP contribution in [0.1, 0.15) is 41.6 Å². The summed E-state index contributed by atoms with van der Waals surface area (Å²) in [5, 5.41) is 0.727. The van der Waals surface area contributed by atoms with Crippen molar-refractivity contribution in [1.29, 1.82) is 0 Å². The molecule has 0 unspecified atom stereocenters. The van der Waals surface area contributed by atoms with Crippen LogP contribution in [0.15, 0.2) is 53.4 Å². The second-order valence-corrected chi connectivity index (χ2v) is 7.85. The number of hydrogen-bond acceptors (Lipinski definition) is 3. The maximum absolute atomic E-state index is 12.1. The smallest absolute Gasteiger partial charge is 0.269 e. The topological polar surface area (TPSA) is 58.2 Å². The molecule has 0 bridgehead atoms. The lowest BCUT2D eigenvalue weighted by molar-refractivity contribution is -0.125. The molecule has 1 aliphatic rings. The van der Waals surface area contributed by atoms with E-state index in [-0.39, 0.29) is 17.7 Å². The largest absolute Gasteiger partial charge is 0.273 e. The molecule has 0 saturated heterocycles. The molecule has 1 saturated carbocycles. The molecule has 1 aliphatic carbocycles. The molecule has 0 heterocycles. The van der Waals surface area contributed by atoms with E-state index in [1.54, 1.807) is 23.9 Å². The summed E-state index contributed by atoms with van der Waals surface area (Å²) in [6, 6.07) is 15.1. The molecule has 1 fully saturated rings. The molecule has 0 aromatic heterocycles. The number of rotatable bonds is 5. The van der Waals surface area contributed by atoms with Gasteiger partial charge in [-0.2, -0.15) is 0 Å². The van der Waals surface area contributed by atoms with Crippen LogP contribution in [0, 0.1) is 5.92 Å². The average molecular weight is 389 g/mol. The van der Waals surface area contributed by atoms with Gasteiger partial charge in [0, 0.05) is 27.2 Å². The van der Waals surface area contributed by atoms with Crippen molar-refractivity contribution in [2.75, 3.05) is 0 Å². The quantitative estimate of drug-likeness (QED) is 0.582. The zero-order valence-corrected chi connectivity index (χ0v) is 15.9. The Labute approximate surface area is 162 Å². The van der Waals surface area contributed by atoms with Gasteiger partial charge in [0.2, 0.25) is 5.91 Å². The van der Waals surface area contributed by atoms with Gasteiger partial charge in [-0.1, -0.05) is 36.6 Å². The summed E-state index contributed by atoms with van der Waals surface area (Å²) in [7, 11) is 0. The Kier molecular flexibility index (Phi) is 6.58. The Morgan fingerprint density at radius 1 is 0.962 bits per heavy atom. The Morgan fingerprint density at radius 3 is 2.27 bits per heavy atom. The van der Waals surface area contributed by atoms with Crippen molar-refractivity contribution in [3.8, 4) is 0 Å².